The van der Waals surface area contributed by atoms with Gasteiger partial charge in [-0.05, 0) is 41.7 Å². The minimum absolute atomic E-state index is 0.0753. The summed E-state index contributed by atoms with van der Waals surface area (Å²) in [6.07, 6.45) is 0.710. The molecule has 0 aliphatic rings. The molecule has 1 atom stereocenters. The normalized spacial score (nSPS) is 11.8. The Balaban J connectivity index is 1.90. The molecule has 0 heterocycles. The van der Waals surface area contributed by atoms with Crippen LogP contribution < -0.4 is 5.32 Å². The first-order valence-corrected chi connectivity index (χ1v) is 7.80. The topological polar surface area (TPSA) is 66.4 Å². The second kappa shape index (κ2) is 8.24. The Kier molecular flexibility index (Phi) is 6.07. The molecule has 5 heteroatoms. The van der Waals surface area contributed by atoms with Crippen LogP contribution in [0.25, 0.3) is 0 Å². The van der Waals surface area contributed by atoms with Gasteiger partial charge >= 0.3 is 5.97 Å². The summed E-state index contributed by atoms with van der Waals surface area (Å²) in [6, 6.07) is 13.5. The van der Waals surface area contributed by atoms with Crippen LogP contribution >= 0.6 is 0 Å². The SMILES string of the molecule is CC(CC(=O)Nc1ccc(CCC(=O)O)cc1)c1ccccc1F. The third kappa shape index (κ3) is 5.19. The zero-order chi connectivity index (χ0) is 17.5. The predicted octanol–water partition coefficient (Wildman–Crippen LogP) is 3.98. The molecule has 2 aromatic carbocycles. The summed E-state index contributed by atoms with van der Waals surface area (Å²) in [7, 11) is 0. The monoisotopic (exact) mass is 329 g/mol. The highest BCUT2D eigenvalue weighted by Crippen LogP contribution is 2.22. The van der Waals surface area contributed by atoms with E-state index in [9.17, 15) is 14.0 Å². The van der Waals surface area contributed by atoms with E-state index in [1.165, 1.54) is 6.07 Å². The number of aliphatic carboxylic acids is 1. The van der Waals surface area contributed by atoms with E-state index in [1.807, 2.05) is 6.92 Å². The van der Waals surface area contributed by atoms with Crippen LogP contribution in [0.5, 0.6) is 0 Å². The van der Waals surface area contributed by atoms with Crippen LogP contribution in [0.2, 0.25) is 0 Å². The predicted molar refractivity (Wildman–Crippen MR) is 90.5 cm³/mol. The zero-order valence-electron chi connectivity index (χ0n) is 13.5. The second-order valence-electron chi connectivity index (χ2n) is 5.77. The van der Waals surface area contributed by atoms with Crippen LogP contribution in [0.3, 0.4) is 0 Å². The van der Waals surface area contributed by atoms with E-state index in [0.717, 1.165) is 5.56 Å². The summed E-state index contributed by atoms with van der Waals surface area (Å²) in [6.45, 7) is 1.81. The fourth-order valence-corrected chi connectivity index (χ4v) is 2.48. The van der Waals surface area contributed by atoms with E-state index >= 15 is 0 Å². The van der Waals surface area contributed by atoms with Crippen LogP contribution in [0.4, 0.5) is 10.1 Å². The van der Waals surface area contributed by atoms with E-state index < -0.39 is 5.97 Å². The number of hydrogen-bond donors (Lipinski definition) is 2. The number of carboxylic acids is 1. The van der Waals surface area contributed by atoms with E-state index in [4.69, 9.17) is 5.11 Å². The Morgan fingerprint density at radius 1 is 1.12 bits per heavy atom. The molecule has 0 fully saturated rings. The maximum absolute atomic E-state index is 13.7. The number of benzene rings is 2. The van der Waals surface area contributed by atoms with Crippen molar-refractivity contribution in [3.63, 3.8) is 0 Å². The number of carbonyl (C=O) groups is 2. The van der Waals surface area contributed by atoms with Gasteiger partial charge in [-0.2, -0.15) is 0 Å². The summed E-state index contributed by atoms with van der Waals surface area (Å²) in [5.41, 5.74) is 2.06. The Labute approximate surface area is 140 Å². The molecule has 0 radical (unpaired) electrons. The average Bonchev–Trinajstić information content (AvgIpc) is 2.54. The van der Waals surface area contributed by atoms with Gasteiger partial charge in [0.2, 0.25) is 5.91 Å². The van der Waals surface area contributed by atoms with Gasteiger partial charge in [0, 0.05) is 18.5 Å². The molecule has 2 N–H and O–H groups in total. The highest BCUT2D eigenvalue weighted by molar-refractivity contribution is 5.91. The maximum atomic E-state index is 13.7. The van der Waals surface area contributed by atoms with Crippen LogP contribution in [0, 0.1) is 5.82 Å². The number of anilines is 1. The maximum Gasteiger partial charge on any atom is 0.303 e. The number of amides is 1. The van der Waals surface area contributed by atoms with Crippen LogP contribution in [-0.2, 0) is 16.0 Å². The number of carbonyl (C=O) groups excluding carboxylic acids is 1. The number of aryl methyl sites for hydroxylation is 1. The number of halogens is 1. The largest absolute Gasteiger partial charge is 0.481 e. The Morgan fingerprint density at radius 2 is 1.79 bits per heavy atom. The third-order valence-electron chi connectivity index (χ3n) is 3.79. The van der Waals surface area contributed by atoms with Crippen molar-refractivity contribution in [3.8, 4) is 0 Å². The van der Waals surface area contributed by atoms with Gasteiger partial charge in [0.25, 0.3) is 0 Å². The van der Waals surface area contributed by atoms with Gasteiger partial charge < -0.3 is 10.4 Å². The van der Waals surface area contributed by atoms with Gasteiger partial charge in [-0.1, -0.05) is 37.3 Å². The van der Waals surface area contributed by atoms with Gasteiger partial charge in [0.1, 0.15) is 5.82 Å². The van der Waals surface area contributed by atoms with Crippen LogP contribution in [0.15, 0.2) is 48.5 Å². The summed E-state index contributed by atoms with van der Waals surface area (Å²) in [4.78, 5) is 22.6. The standard InChI is InChI=1S/C19H20FNO3/c1-13(16-4-2-3-5-17(16)20)12-18(22)21-15-9-6-14(7-10-15)8-11-19(23)24/h2-7,9-10,13H,8,11-12H2,1H3,(H,21,22)(H,23,24). The highest BCUT2D eigenvalue weighted by Gasteiger charge is 2.14. The molecule has 0 saturated heterocycles. The molecule has 2 aromatic rings. The first-order valence-electron chi connectivity index (χ1n) is 7.80. The van der Waals surface area contributed by atoms with Gasteiger partial charge in [-0.3, -0.25) is 9.59 Å². The quantitative estimate of drug-likeness (QED) is 0.807. The van der Waals surface area contributed by atoms with Crippen LogP contribution in [-0.4, -0.2) is 17.0 Å². The first-order chi connectivity index (χ1) is 11.5. The summed E-state index contributed by atoms with van der Waals surface area (Å²) in [5, 5.41) is 11.4. The van der Waals surface area contributed by atoms with E-state index in [1.54, 1.807) is 42.5 Å². The molecule has 0 aromatic heterocycles. The van der Waals surface area contributed by atoms with Crippen molar-refractivity contribution in [2.45, 2.75) is 32.1 Å². The summed E-state index contributed by atoms with van der Waals surface area (Å²) < 4.78 is 13.7. The molecule has 4 nitrogen and oxygen atoms in total. The van der Waals surface area contributed by atoms with Crippen molar-refractivity contribution >= 4 is 17.6 Å². The zero-order valence-corrected chi connectivity index (χ0v) is 13.5. The molecule has 0 aliphatic heterocycles. The molecular formula is C19H20FNO3. The average molecular weight is 329 g/mol. The molecule has 0 spiro atoms. The van der Waals surface area contributed by atoms with Crippen molar-refractivity contribution < 1.29 is 19.1 Å². The number of carboxylic acid groups (broad SMARTS) is 1. The van der Waals surface area contributed by atoms with Crippen molar-refractivity contribution in [2.24, 2.45) is 0 Å². The molecule has 0 aliphatic carbocycles. The lowest BCUT2D eigenvalue weighted by Crippen LogP contribution is -2.15. The second-order valence-corrected chi connectivity index (χ2v) is 5.77. The minimum Gasteiger partial charge on any atom is -0.481 e. The Hall–Kier alpha value is -2.69. The number of hydrogen-bond acceptors (Lipinski definition) is 2. The van der Waals surface area contributed by atoms with Gasteiger partial charge in [-0.15, -0.1) is 0 Å². The summed E-state index contributed by atoms with van der Waals surface area (Å²) >= 11 is 0. The third-order valence-corrected chi connectivity index (χ3v) is 3.79. The molecule has 1 unspecified atom stereocenters. The van der Waals surface area contributed by atoms with Gasteiger partial charge in [0.05, 0.1) is 0 Å². The van der Waals surface area contributed by atoms with Crippen LogP contribution in [0.1, 0.15) is 36.8 Å². The van der Waals surface area contributed by atoms with Gasteiger partial charge in [0.15, 0.2) is 0 Å². The summed E-state index contributed by atoms with van der Waals surface area (Å²) in [5.74, 6) is -1.56. The molecule has 126 valence electrons. The van der Waals surface area contributed by atoms with E-state index in [-0.39, 0.29) is 30.5 Å². The van der Waals surface area contributed by atoms with Crippen molar-refractivity contribution in [1.29, 1.82) is 0 Å². The lowest BCUT2D eigenvalue weighted by atomic mass is 9.97. The molecular weight excluding hydrogens is 309 g/mol. The fraction of sp³-hybridized carbons (Fsp3) is 0.263. The van der Waals surface area contributed by atoms with Gasteiger partial charge in [-0.25, -0.2) is 4.39 Å². The lowest BCUT2D eigenvalue weighted by molar-refractivity contribution is -0.137. The van der Waals surface area contributed by atoms with Crippen molar-refractivity contribution in [3.05, 3.63) is 65.5 Å². The molecule has 1 amide bonds. The first kappa shape index (κ1) is 17.7. The minimum atomic E-state index is -0.838. The highest BCUT2D eigenvalue weighted by atomic mass is 19.1. The number of rotatable bonds is 7. The Morgan fingerprint density at radius 3 is 2.42 bits per heavy atom. The fourth-order valence-electron chi connectivity index (χ4n) is 2.48. The van der Waals surface area contributed by atoms with Crippen molar-refractivity contribution in [2.75, 3.05) is 5.32 Å². The van der Waals surface area contributed by atoms with Crippen molar-refractivity contribution in [1.82, 2.24) is 0 Å². The Bertz CT molecular complexity index is 713. The molecule has 2 rings (SSSR count). The number of nitrogens with one attached hydrogen (secondary N) is 1. The molecule has 24 heavy (non-hydrogen) atoms. The van der Waals surface area contributed by atoms with E-state index in [0.29, 0.717) is 17.7 Å². The lowest BCUT2D eigenvalue weighted by Gasteiger charge is -2.13. The van der Waals surface area contributed by atoms with E-state index in [2.05, 4.69) is 5.32 Å². The molecule has 0 bridgehead atoms. The molecule has 0 saturated carbocycles. The smallest absolute Gasteiger partial charge is 0.303 e.